The molecule has 3 rings (SSSR count). The number of carbonyl (C=O) groups is 1. The van der Waals surface area contributed by atoms with E-state index in [0.29, 0.717) is 27.8 Å². The molecule has 0 saturated heterocycles. The molecular weight excluding hydrogens is 482 g/mol. The fourth-order valence-electron chi connectivity index (χ4n) is 2.55. The number of hydrogen-bond donors (Lipinski definition) is 1. The van der Waals surface area contributed by atoms with Crippen LogP contribution in [0.25, 0.3) is 5.69 Å². The molecule has 0 radical (unpaired) electrons. The van der Waals surface area contributed by atoms with E-state index in [1.807, 2.05) is 4.72 Å². The van der Waals surface area contributed by atoms with E-state index in [4.69, 9.17) is 46.4 Å². The highest BCUT2D eigenvalue weighted by atomic mass is 35.5. The van der Waals surface area contributed by atoms with Crippen LogP contribution in [0.2, 0.25) is 20.1 Å². The fraction of sp³-hybridized carbons (Fsp3) is 0.118. The molecule has 0 fully saturated rings. The lowest BCUT2D eigenvalue weighted by atomic mass is 10.2. The maximum atomic E-state index is 12.7. The van der Waals surface area contributed by atoms with Crippen LogP contribution >= 0.6 is 46.4 Å². The molecule has 0 spiro atoms. The van der Waals surface area contributed by atoms with E-state index in [1.54, 1.807) is 19.1 Å². The number of carbonyl (C=O) groups excluding carboxylic acids is 1. The number of amides is 1. The minimum atomic E-state index is -4.29. The van der Waals surface area contributed by atoms with Crippen LogP contribution < -0.4 is 4.72 Å². The second-order valence-corrected chi connectivity index (χ2v) is 9.09. The average Bonchev–Trinajstić information content (AvgIpc) is 3.07. The second kappa shape index (κ2) is 8.49. The van der Waals surface area contributed by atoms with E-state index in [9.17, 15) is 13.2 Å². The van der Waals surface area contributed by atoms with Gasteiger partial charge in [0.25, 0.3) is 15.9 Å². The summed E-state index contributed by atoms with van der Waals surface area (Å²) in [4.78, 5) is 12.3. The zero-order valence-electron chi connectivity index (χ0n) is 14.7. The van der Waals surface area contributed by atoms with Gasteiger partial charge >= 0.3 is 0 Å². The second-order valence-electron chi connectivity index (χ2n) is 5.76. The lowest BCUT2D eigenvalue weighted by Crippen LogP contribution is -2.31. The van der Waals surface area contributed by atoms with Gasteiger partial charge in [-0.05, 0) is 42.8 Å². The van der Waals surface area contributed by atoms with Gasteiger partial charge in [-0.3, -0.25) is 4.79 Å². The third kappa shape index (κ3) is 4.51. The van der Waals surface area contributed by atoms with Crippen molar-refractivity contribution in [2.45, 2.75) is 18.2 Å². The van der Waals surface area contributed by atoms with Crippen LogP contribution in [0.3, 0.4) is 0 Å². The van der Waals surface area contributed by atoms with Gasteiger partial charge in [0, 0.05) is 10.0 Å². The number of sulfonamides is 1. The summed E-state index contributed by atoms with van der Waals surface area (Å²) in [5.41, 5.74) is 0.638. The topological polar surface area (TPSA) is 93.9 Å². The van der Waals surface area contributed by atoms with Crippen molar-refractivity contribution in [3.8, 4) is 5.69 Å². The number of nitrogens with zero attached hydrogens (tertiary/aromatic N) is 3. The van der Waals surface area contributed by atoms with E-state index in [0.717, 1.165) is 6.07 Å². The van der Waals surface area contributed by atoms with Crippen molar-refractivity contribution in [2.75, 3.05) is 0 Å². The Bertz CT molecular complexity index is 1210. The fourth-order valence-corrected chi connectivity index (χ4v) is 4.76. The van der Waals surface area contributed by atoms with Crippen LogP contribution in [-0.4, -0.2) is 29.3 Å². The Morgan fingerprint density at radius 2 is 1.69 bits per heavy atom. The van der Waals surface area contributed by atoms with Gasteiger partial charge in [0.1, 0.15) is 4.90 Å². The molecule has 0 saturated carbocycles. The summed E-state index contributed by atoms with van der Waals surface area (Å²) in [6.45, 7) is 1.76. The van der Waals surface area contributed by atoms with Gasteiger partial charge in [0.15, 0.2) is 5.69 Å². The van der Waals surface area contributed by atoms with Gasteiger partial charge in [-0.2, -0.15) is 0 Å². The molecule has 0 atom stereocenters. The van der Waals surface area contributed by atoms with Crippen molar-refractivity contribution in [3.05, 3.63) is 67.9 Å². The number of hydrogen-bond acceptors (Lipinski definition) is 5. The maximum Gasteiger partial charge on any atom is 0.287 e. The minimum absolute atomic E-state index is 0.0815. The first kappa shape index (κ1) is 21.9. The monoisotopic (exact) mass is 492 g/mol. The van der Waals surface area contributed by atoms with Crippen molar-refractivity contribution in [2.24, 2.45) is 0 Å². The molecule has 1 aromatic heterocycles. The first-order valence-electron chi connectivity index (χ1n) is 8.06. The van der Waals surface area contributed by atoms with Crippen LogP contribution in [0.1, 0.15) is 23.1 Å². The van der Waals surface area contributed by atoms with Crippen LogP contribution in [-0.2, 0) is 16.4 Å². The quantitative estimate of drug-likeness (QED) is 0.562. The van der Waals surface area contributed by atoms with E-state index < -0.39 is 15.9 Å². The Kier molecular flexibility index (Phi) is 6.40. The van der Waals surface area contributed by atoms with Gasteiger partial charge in [0.05, 0.1) is 21.4 Å². The molecule has 1 heterocycles. The standard InChI is InChI=1S/C17H12Cl4N4O3S/c1-2-13-16(22-24-25(13)14-6-4-9(18)7-12(14)21)17(26)23-29(27,28)15-8-10(19)3-5-11(15)20/h3-8H,2H2,1H3,(H,23,26). The zero-order chi connectivity index (χ0) is 21.3. The Morgan fingerprint density at radius 1 is 1.03 bits per heavy atom. The molecular formula is C17H12Cl4N4O3S. The smallest absolute Gasteiger partial charge is 0.266 e. The lowest BCUT2D eigenvalue weighted by molar-refractivity contribution is 0.0975. The van der Waals surface area contributed by atoms with Gasteiger partial charge in [-0.25, -0.2) is 17.8 Å². The van der Waals surface area contributed by atoms with E-state index in [1.165, 1.54) is 22.9 Å². The number of rotatable bonds is 5. The molecule has 12 heteroatoms. The summed E-state index contributed by atoms with van der Waals surface area (Å²) >= 11 is 23.9. The number of aromatic nitrogens is 3. The van der Waals surface area contributed by atoms with Crippen LogP contribution in [0, 0.1) is 0 Å². The molecule has 0 unspecified atom stereocenters. The van der Waals surface area contributed by atoms with Crippen LogP contribution in [0.5, 0.6) is 0 Å². The molecule has 152 valence electrons. The predicted octanol–water partition coefficient (Wildman–Crippen LogP) is 4.56. The highest BCUT2D eigenvalue weighted by Crippen LogP contribution is 2.27. The SMILES string of the molecule is CCc1c(C(=O)NS(=O)(=O)c2cc(Cl)ccc2Cl)nnn1-c1ccc(Cl)cc1Cl. The average molecular weight is 494 g/mol. The predicted molar refractivity (Wildman–Crippen MR) is 112 cm³/mol. The van der Waals surface area contributed by atoms with Gasteiger partial charge < -0.3 is 0 Å². The first-order chi connectivity index (χ1) is 13.6. The summed E-state index contributed by atoms with van der Waals surface area (Å²) < 4.78 is 28.5. The van der Waals surface area contributed by atoms with Crippen molar-refractivity contribution < 1.29 is 13.2 Å². The Hall–Kier alpha value is -1.84. The highest BCUT2D eigenvalue weighted by Gasteiger charge is 2.27. The number of nitrogens with one attached hydrogen (secondary N) is 1. The van der Waals surface area contributed by atoms with E-state index in [2.05, 4.69) is 10.3 Å². The number of halogens is 4. The summed E-state index contributed by atoms with van der Waals surface area (Å²) in [7, 11) is -4.29. The summed E-state index contributed by atoms with van der Waals surface area (Å²) in [6, 6.07) is 8.63. The molecule has 29 heavy (non-hydrogen) atoms. The van der Waals surface area contributed by atoms with Crippen molar-refractivity contribution in [1.82, 2.24) is 19.7 Å². The van der Waals surface area contributed by atoms with Crippen LogP contribution in [0.4, 0.5) is 0 Å². The maximum absolute atomic E-state index is 12.7. The normalized spacial score (nSPS) is 11.5. The Labute approximate surface area is 186 Å². The van der Waals surface area contributed by atoms with E-state index >= 15 is 0 Å². The first-order valence-corrected chi connectivity index (χ1v) is 11.1. The lowest BCUT2D eigenvalue weighted by Gasteiger charge is -2.10. The summed E-state index contributed by atoms with van der Waals surface area (Å²) in [5, 5.41) is 8.56. The van der Waals surface area contributed by atoms with Gasteiger partial charge in [-0.1, -0.05) is 58.5 Å². The molecule has 1 N–H and O–H groups in total. The molecule has 0 aliphatic carbocycles. The van der Waals surface area contributed by atoms with E-state index in [-0.39, 0.29) is 20.6 Å². The molecule has 0 bridgehead atoms. The molecule has 3 aromatic rings. The highest BCUT2D eigenvalue weighted by molar-refractivity contribution is 7.90. The molecule has 7 nitrogen and oxygen atoms in total. The van der Waals surface area contributed by atoms with Gasteiger partial charge in [-0.15, -0.1) is 5.10 Å². The molecule has 2 aromatic carbocycles. The van der Waals surface area contributed by atoms with Crippen molar-refractivity contribution in [3.63, 3.8) is 0 Å². The zero-order valence-corrected chi connectivity index (χ0v) is 18.5. The molecule has 1 amide bonds. The molecule has 0 aliphatic rings. The number of benzene rings is 2. The van der Waals surface area contributed by atoms with Crippen LogP contribution in [0.15, 0.2) is 41.3 Å². The van der Waals surface area contributed by atoms with Crippen molar-refractivity contribution in [1.29, 1.82) is 0 Å². The summed E-state index contributed by atoms with van der Waals surface area (Å²) in [5.74, 6) is -0.964. The third-order valence-electron chi connectivity index (χ3n) is 3.86. The summed E-state index contributed by atoms with van der Waals surface area (Å²) in [6.07, 6.45) is 0.326. The Balaban J connectivity index is 1.98. The van der Waals surface area contributed by atoms with Gasteiger partial charge in [0.2, 0.25) is 0 Å². The molecule has 0 aliphatic heterocycles. The third-order valence-corrected chi connectivity index (χ3v) is 6.45. The minimum Gasteiger partial charge on any atom is -0.266 e. The Morgan fingerprint density at radius 3 is 2.34 bits per heavy atom. The van der Waals surface area contributed by atoms with Crippen molar-refractivity contribution >= 4 is 62.3 Å². The largest absolute Gasteiger partial charge is 0.287 e.